The van der Waals surface area contributed by atoms with Crippen LogP contribution in [0.25, 0.3) is 0 Å². The van der Waals surface area contributed by atoms with Crippen LogP contribution >= 0.6 is 42.4 Å². The molecular formula is C10H19Cl3O4P-. The van der Waals surface area contributed by atoms with Gasteiger partial charge in [0.1, 0.15) is 6.35 Å². The minimum atomic E-state index is -4.00. The van der Waals surface area contributed by atoms with Crippen LogP contribution in [0.3, 0.4) is 0 Å². The summed E-state index contributed by atoms with van der Waals surface area (Å²) in [5, 5.41) is -1.06. The Bertz CT molecular complexity index is 268. The molecule has 0 aliphatic carbocycles. The molecule has 0 saturated heterocycles. The molecule has 18 heavy (non-hydrogen) atoms. The summed E-state index contributed by atoms with van der Waals surface area (Å²) in [4.78, 5) is 11.4. The van der Waals surface area contributed by atoms with Gasteiger partial charge >= 0.3 is 0 Å². The van der Waals surface area contributed by atoms with E-state index in [-0.39, 0.29) is 12.5 Å². The molecule has 0 rings (SSSR count). The summed E-state index contributed by atoms with van der Waals surface area (Å²) >= 11 is 17.6. The van der Waals surface area contributed by atoms with Gasteiger partial charge in [0.05, 0.1) is 17.4 Å². The summed E-state index contributed by atoms with van der Waals surface area (Å²) in [6.07, 6.45) is 0.303. The lowest BCUT2D eigenvalue weighted by molar-refractivity contribution is -0.203. The molecule has 4 nitrogen and oxygen atoms in total. The highest BCUT2D eigenvalue weighted by atomic mass is 35.5. The third-order valence-corrected chi connectivity index (χ3v) is 4.95. The summed E-state index contributed by atoms with van der Waals surface area (Å²) in [6, 6.07) is 0. The van der Waals surface area contributed by atoms with Crippen LogP contribution in [0.2, 0.25) is 0 Å². The standard InChI is InChI=1S/C10H20Cl3O4P/c1-3-4-16-7-18(14,15)17-6-9(12)10(13)8(2)5-11/h8-10H,3-7H2,1-2H3,(H,14,15)/p-1. The monoisotopic (exact) mass is 339 g/mol. The van der Waals surface area contributed by atoms with Crippen molar-refractivity contribution in [2.45, 2.75) is 31.0 Å². The zero-order valence-corrected chi connectivity index (χ0v) is 13.6. The fourth-order valence-corrected chi connectivity index (χ4v) is 2.74. The Hall–Kier alpha value is 0.980. The fraction of sp³-hybridized carbons (Fsp3) is 1.00. The van der Waals surface area contributed by atoms with Gasteiger partial charge in [-0.15, -0.1) is 34.8 Å². The molecule has 0 aromatic heterocycles. The highest BCUT2D eigenvalue weighted by Gasteiger charge is 2.24. The van der Waals surface area contributed by atoms with Crippen molar-refractivity contribution in [1.82, 2.24) is 0 Å². The third kappa shape index (κ3) is 8.21. The summed E-state index contributed by atoms with van der Waals surface area (Å²) < 4.78 is 21.1. The smallest absolute Gasteiger partial charge is 0.160 e. The quantitative estimate of drug-likeness (QED) is 0.348. The number of hydrogen-bond donors (Lipinski definition) is 0. The summed E-state index contributed by atoms with van der Waals surface area (Å²) in [6.45, 7) is 3.92. The number of rotatable bonds is 10. The lowest BCUT2D eigenvalue weighted by Crippen LogP contribution is -2.28. The first-order chi connectivity index (χ1) is 8.34. The van der Waals surface area contributed by atoms with E-state index in [9.17, 15) is 9.46 Å². The second-order valence-electron chi connectivity index (χ2n) is 4.04. The van der Waals surface area contributed by atoms with E-state index < -0.39 is 24.7 Å². The Kier molecular flexibility index (Phi) is 10.4. The lowest BCUT2D eigenvalue weighted by atomic mass is 10.1. The third-order valence-electron chi connectivity index (χ3n) is 2.16. The van der Waals surface area contributed by atoms with Gasteiger partial charge in [-0.3, -0.25) is 0 Å². The van der Waals surface area contributed by atoms with Gasteiger partial charge in [-0.1, -0.05) is 13.8 Å². The molecule has 110 valence electrons. The van der Waals surface area contributed by atoms with Gasteiger partial charge in [0.15, 0.2) is 7.60 Å². The van der Waals surface area contributed by atoms with E-state index in [2.05, 4.69) is 0 Å². The van der Waals surface area contributed by atoms with E-state index >= 15 is 0 Å². The minimum absolute atomic E-state index is 0.0261. The van der Waals surface area contributed by atoms with E-state index in [0.29, 0.717) is 12.5 Å². The SMILES string of the molecule is CCCOCP(=O)([O-])OCC(Cl)C(Cl)C(C)CCl. The lowest BCUT2D eigenvalue weighted by Gasteiger charge is -2.26. The molecule has 0 aliphatic rings. The molecule has 0 saturated carbocycles. The molecule has 0 aliphatic heterocycles. The summed E-state index contributed by atoms with van der Waals surface area (Å²) in [5.74, 6) is 0.327. The largest absolute Gasteiger partial charge is 0.777 e. The molecule has 8 heteroatoms. The van der Waals surface area contributed by atoms with Crippen molar-refractivity contribution < 1.29 is 18.7 Å². The molecule has 4 atom stereocenters. The van der Waals surface area contributed by atoms with E-state index in [1.54, 1.807) is 0 Å². The second kappa shape index (κ2) is 9.82. The van der Waals surface area contributed by atoms with E-state index in [1.807, 2.05) is 13.8 Å². The molecule has 0 N–H and O–H groups in total. The average molecular weight is 341 g/mol. The van der Waals surface area contributed by atoms with Crippen molar-refractivity contribution in [1.29, 1.82) is 0 Å². The van der Waals surface area contributed by atoms with Crippen molar-refractivity contribution in [3.63, 3.8) is 0 Å². The number of hydrogen-bond acceptors (Lipinski definition) is 4. The van der Waals surface area contributed by atoms with Crippen molar-refractivity contribution >= 4 is 42.4 Å². The molecule has 0 fully saturated rings. The fourth-order valence-electron chi connectivity index (χ4n) is 1.08. The number of halogens is 3. The van der Waals surface area contributed by atoms with Crippen LogP contribution in [-0.4, -0.2) is 36.2 Å². The zero-order valence-electron chi connectivity index (χ0n) is 10.5. The van der Waals surface area contributed by atoms with Crippen molar-refractivity contribution in [2.24, 2.45) is 5.92 Å². The maximum absolute atomic E-state index is 11.4. The predicted octanol–water partition coefficient (Wildman–Crippen LogP) is 3.03. The predicted molar refractivity (Wildman–Crippen MR) is 73.8 cm³/mol. The highest BCUT2D eigenvalue weighted by molar-refractivity contribution is 7.51. The Balaban J connectivity index is 4.02. The van der Waals surface area contributed by atoms with Crippen LogP contribution < -0.4 is 4.89 Å². The van der Waals surface area contributed by atoms with Gasteiger partial charge < -0.3 is 18.7 Å². The normalized spacial score (nSPS) is 20.1. The Morgan fingerprint density at radius 2 is 2.00 bits per heavy atom. The van der Waals surface area contributed by atoms with E-state index in [4.69, 9.17) is 44.1 Å². The van der Waals surface area contributed by atoms with Crippen molar-refractivity contribution in [3.05, 3.63) is 0 Å². The van der Waals surface area contributed by atoms with Gasteiger partial charge in [0, 0.05) is 12.5 Å². The molecule has 4 unspecified atom stereocenters. The van der Waals surface area contributed by atoms with Gasteiger partial charge in [-0.2, -0.15) is 0 Å². The van der Waals surface area contributed by atoms with Crippen LogP contribution in [0.1, 0.15) is 20.3 Å². The van der Waals surface area contributed by atoms with Gasteiger partial charge in [0.2, 0.25) is 0 Å². The summed E-state index contributed by atoms with van der Waals surface area (Å²) in [5.41, 5.74) is 0. The van der Waals surface area contributed by atoms with Gasteiger partial charge in [-0.25, -0.2) is 0 Å². The number of ether oxygens (including phenoxy) is 1. The van der Waals surface area contributed by atoms with E-state index in [0.717, 1.165) is 6.42 Å². The van der Waals surface area contributed by atoms with Crippen LogP contribution in [0.15, 0.2) is 0 Å². The zero-order chi connectivity index (χ0) is 14.2. The molecule has 0 amide bonds. The van der Waals surface area contributed by atoms with Crippen molar-refractivity contribution in [3.8, 4) is 0 Å². The Labute approximate surface area is 123 Å². The van der Waals surface area contributed by atoms with Crippen LogP contribution in [0.4, 0.5) is 0 Å². The molecule has 0 aromatic carbocycles. The maximum atomic E-state index is 11.4. The van der Waals surface area contributed by atoms with E-state index in [1.165, 1.54) is 0 Å². The van der Waals surface area contributed by atoms with Gasteiger partial charge in [-0.05, 0) is 12.3 Å². The van der Waals surface area contributed by atoms with Crippen molar-refractivity contribution in [2.75, 3.05) is 25.4 Å². The topological polar surface area (TPSA) is 58.6 Å². The van der Waals surface area contributed by atoms with Crippen LogP contribution in [-0.2, 0) is 13.8 Å². The second-order valence-corrected chi connectivity index (χ2v) is 7.15. The minimum Gasteiger partial charge on any atom is -0.777 e. The molecule has 0 aromatic rings. The van der Waals surface area contributed by atoms with Gasteiger partial charge in [0.25, 0.3) is 0 Å². The first-order valence-corrected chi connectivity index (χ1v) is 8.84. The Morgan fingerprint density at radius 3 is 2.50 bits per heavy atom. The van der Waals surface area contributed by atoms with Crippen LogP contribution in [0.5, 0.6) is 0 Å². The molecule has 0 heterocycles. The summed E-state index contributed by atoms with van der Waals surface area (Å²) in [7, 11) is -4.00. The van der Waals surface area contributed by atoms with Crippen LogP contribution in [0, 0.1) is 5.92 Å². The highest BCUT2D eigenvalue weighted by Crippen LogP contribution is 2.37. The average Bonchev–Trinajstić information content (AvgIpc) is 2.34. The molecule has 0 radical (unpaired) electrons. The molecule has 0 spiro atoms. The molecular weight excluding hydrogens is 321 g/mol. The Morgan fingerprint density at radius 1 is 1.39 bits per heavy atom. The maximum Gasteiger partial charge on any atom is 0.160 e. The number of alkyl halides is 3. The first kappa shape index (κ1) is 19.0. The first-order valence-electron chi connectivity index (χ1n) is 5.70. The molecule has 0 bridgehead atoms.